The van der Waals surface area contributed by atoms with Crippen molar-refractivity contribution >= 4 is 11.9 Å². The molecule has 0 aliphatic rings. The van der Waals surface area contributed by atoms with E-state index in [0.29, 0.717) is 18.0 Å². The van der Waals surface area contributed by atoms with Crippen molar-refractivity contribution in [2.24, 2.45) is 0 Å². The SMILES string of the molecule is COc1cc(OC)c(C(=O)OCC(=O)NCCCc2ccccc2)cc1OC. The molecule has 0 aromatic heterocycles. The van der Waals surface area contributed by atoms with E-state index in [1.54, 1.807) is 0 Å². The van der Waals surface area contributed by atoms with Gasteiger partial charge in [0.1, 0.15) is 11.3 Å². The second-order valence-corrected chi connectivity index (χ2v) is 5.92. The fourth-order valence-electron chi connectivity index (χ4n) is 2.61. The normalized spacial score (nSPS) is 10.1. The molecule has 150 valence electrons. The van der Waals surface area contributed by atoms with Crippen LogP contribution in [-0.2, 0) is 16.0 Å². The van der Waals surface area contributed by atoms with Crippen molar-refractivity contribution in [3.63, 3.8) is 0 Å². The number of carbonyl (C=O) groups excluding carboxylic acids is 2. The molecule has 2 rings (SSSR count). The quantitative estimate of drug-likeness (QED) is 0.498. The molecule has 0 fully saturated rings. The summed E-state index contributed by atoms with van der Waals surface area (Å²) in [6.45, 7) is 0.132. The first kappa shape index (κ1) is 21.1. The minimum Gasteiger partial charge on any atom is -0.496 e. The zero-order valence-corrected chi connectivity index (χ0v) is 16.3. The average Bonchev–Trinajstić information content (AvgIpc) is 2.74. The highest BCUT2D eigenvalue weighted by Crippen LogP contribution is 2.34. The monoisotopic (exact) mass is 387 g/mol. The van der Waals surface area contributed by atoms with Crippen LogP contribution in [0.15, 0.2) is 42.5 Å². The van der Waals surface area contributed by atoms with E-state index < -0.39 is 5.97 Å². The number of esters is 1. The molecule has 0 saturated heterocycles. The van der Waals surface area contributed by atoms with Gasteiger partial charge in [0.2, 0.25) is 0 Å². The number of hydrogen-bond donors (Lipinski definition) is 1. The lowest BCUT2D eigenvalue weighted by Gasteiger charge is -2.13. The Labute approximate surface area is 164 Å². The zero-order valence-electron chi connectivity index (χ0n) is 16.3. The Hall–Kier alpha value is -3.22. The molecule has 0 aliphatic carbocycles. The minimum atomic E-state index is -0.683. The predicted molar refractivity (Wildman–Crippen MR) is 104 cm³/mol. The Morgan fingerprint density at radius 2 is 1.54 bits per heavy atom. The average molecular weight is 387 g/mol. The van der Waals surface area contributed by atoms with E-state index in [4.69, 9.17) is 18.9 Å². The van der Waals surface area contributed by atoms with Gasteiger partial charge in [-0.05, 0) is 18.4 Å². The van der Waals surface area contributed by atoms with E-state index in [9.17, 15) is 9.59 Å². The second-order valence-electron chi connectivity index (χ2n) is 5.92. The van der Waals surface area contributed by atoms with Crippen LogP contribution >= 0.6 is 0 Å². The van der Waals surface area contributed by atoms with Crippen molar-refractivity contribution in [3.05, 3.63) is 53.6 Å². The van der Waals surface area contributed by atoms with Crippen LogP contribution in [0.5, 0.6) is 17.2 Å². The van der Waals surface area contributed by atoms with Crippen molar-refractivity contribution in [2.75, 3.05) is 34.5 Å². The highest BCUT2D eigenvalue weighted by atomic mass is 16.5. The summed E-state index contributed by atoms with van der Waals surface area (Å²) in [5, 5.41) is 2.74. The topological polar surface area (TPSA) is 83.1 Å². The maximum atomic E-state index is 12.3. The van der Waals surface area contributed by atoms with Gasteiger partial charge in [-0.25, -0.2) is 4.79 Å². The summed E-state index contributed by atoms with van der Waals surface area (Å²) in [5.41, 5.74) is 1.36. The van der Waals surface area contributed by atoms with Gasteiger partial charge in [0.25, 0.3) is 5.91 Å². The highest BCUT2D eigenvalue weighted by Gasteiger charge is 2.19. The smallest absolute Gasteiger partial charge is 0.342 e. The fourth-order valence-corrected chi connectivity index (χ4v) is 2.61. The van der Waals surface area contributed by atoms with Crippen molar-refractivity contribution in [1.29, 1.82) is 0 Å². The molecule has 2 aromatic rings. The number of rotatable bonds is 10. The molecule has 0 saturated carbocycles. The Bertz CT molecular complexity index is 791. The lowest BCUT2D eigenvalue weighted by molar-refractivity contribution is -0.124. The van der Waals surface area contributed by atoms with Crippen LogP contribution in [0.2, 0.25) is 0 Å². The highest BCUT2D eigenvalue weighted by molar-refractivity contribution is 5.95. The summed E-state index contributed by atoms with van der Waals surface area (Å²) in [6, 6.07) is 13.0. The van der Waals surface area contributed by atoms with Gasteiger partial charge < -0.3 is 24.3 Å². The first-order valence-electron chi connectivity index (χ1n) is 8.86. The number of methoxy groups -OCH3 is 3. The van der Waals surface area contributed by atoms with Crippen molar-refractivity contribution < 1.29 is 28.5 Å². The van der Waals surface area contributed by atoms with E-state index >= 15 is 0 Å². The van der Waals surface area contributed by atoms with Gasteiger partial charge in [-0.3, -0.25) is 4.79 Å². The molecule has 28 heavy (non-hydrogen) atoms. The Morgan fingerprint density at radius 3 is 2.18 bits per heavy atom. The third-order valence-electron chi connectivity index (χ3n) is 4.07. The lowest BCUT2D eigenvalue weighted by Crippen LogP contribution is -2.29. The van der Waals surface area contributed by atoms with Crippen LogP contribution < -0.4 is 19.5 Å². The molecule has 0 unspecified atom stereocenters. The van der Waals surface area contributed by atoms with E-state index in [0.717, 1.165) is 12.8 Å². The van der Waals surface area contributed by atoms with Crippen LogP contribution in [-0.4, -0.2) is 46.4 Å². The molecule has 0 radical (unpaired) electrons. The molecule has 2 aromatic carbocycles. The third kappa shape index (κ3) is 5.90. The summed E-state index contributed by atoms with van der Waals surface area (Å²) in [5.74, 6) is 0.0108. The molecule has 7 heteroatoms. The van der Waals surface area contributed by atoms with Crippen LogP contribution in [0, 0.1) is 0 Å². The van der Waals surface area contributed by atoms with Gasteiger partial charge in [0.05, 0.1) is 21.3 Å². The van der Waals surface area contributed by atoms with Gasteiger partial charge in [-0.15, -0.1) is 0 Å². The van der Waals surface area contributed by atoms with Gasteiger partial charge in [-0.1, -0.05) is 30.3 Å². The molecular weight excluding hydrogens is 362 g/mol. The summed E-state index contributed by atoms with van der Waals surface area (Å²) in [6.07, 6.45) is 1.66. The van der Waals surface area contributed by atoms with Gasteiger partial charge in [0.15, 0.2) is 18.1 Å². The maximum Gasteiger partial charge on any atom is 0.342 e. The molecule has 1 amide bonds. The fraction of sp³-hybridized carbons (Fsp3) is 0.333. The number of carbonyl (C=O) groups is 2. The van der Waals surface area contributed by atoms with E-state index in [2.05, 4.69) is 5.32 Å². The first-order chi connectivity index (χ1) is 13.6. The molecule has 1 N–H and O–H groups in total. The minimum absolute atomic E-state index is 0.150. The molecule has 0 atom stereocenters. The van der Waals surface area contributed by atoms with E-state index in [-0.39, 0.29) is 23.8 Å². The number of aryl methyl sites for hydroxylation is 1. The van der Waals surface area contributed by atoms with Crippen molar-refractivity contribution in [2.45, 2.75) is 12.8 Å². The molecule has 7 nitrogen and oxygen atoms in total. The molecule has 0 spiro atoms. The Kier molecular flexibility index (Phi) is 8.14. The number of benzene rings is 2. The zero-order chi connectivity index (χ0) is 20.4. The van der Waals surface area contributed by atoms with Crippen LogP contribution in [0.25, 0.3) is 0 Å². The third-order valence-corrected chi connectivity index (χ3v) is 4.07. The molecular formula is C21H25NO6. The standard InChI is InChI=1S/C21H25NO6/c1-25-17-13-19(27-3)18(26-2)12-16(17)21(24)28-14-20(23)22-11-7-10-15-8-5-4-6-9-15/h4-6,8-9,12-13H,7,10-11,14H2,1-3H3,(H,22,23). The van der Waals surface area contributed by atoms with Crippen LogP contribution in [0.4, 0.5) is 0 Å². The molecule has 0 heterocycles. The van der Waals surface area contributed by atoms with Crippen molar-refractivity contribution in [3.8, 4) is 17.2 Å². The van der Waals surface area contributed by atoms with Crippen molar-refractivity contribution in [1.82, 2.24) is 5.32 Å². The molecule has 0 aliphatic heterocycles. The predicted octanol–water partition coefficient (Wildman–Crippen LogP) is 2.62. The number of nitrogens with one attached hydrogen (secondary N) is 1. The maximum absolute atomic E-state index is 12.3. The summed E-state index contributed by atoms with van der Waals surface area (Å²) >= 11 is 0. The Morgan fingerprint density at radius 1 is 0.893 bits per heavy atom. The summed E-state index contributed by atoms with van der Waals surface area (Å²) < 4.78 is 20.7. The second kappa shape index (κ2) is 10.8. The van der Waals surface area contributed by atoms with Gasteiger partial charge in [0, 0.05) is 18.7 Å². The summed E-state index contributed by atoms with van der Waals surface area (Å²) in [4.78, 5) is 24.2. The van der Waals surface area contributed by atoms with E-state index in [1.165, 1.54) is 39.0 Å². The van der Waals surface area contributed by atoms with Crippen LogP contribution in [0.3, 0.4) is 0 Å². The largest absolute Gasteiger partial charge is 0.496 e. The summed E-state index contributed by atoms with van der Waals surface area (Å²) in [7, 11) is 4.37. The number of hydrogen-bond acceptors (Lipinski definition) is 6. The van der Waals surface area contributed by atoms with Gasteiger partial charge in [-0.2, -0.15) is 0 Å². The van der Waals surface area contributed by atoms with Gasteiger partial charge >= 0.3 is 5.97 Å². The first-order valence-corrected chi connectivity index (χ1v) is 8.86. The molecule has 0 bridgehead atoms. The Balaban J connectivity index is 1.83. The number of amides is 1. The van der Waals surface area contributed by atoms with Crippen LogP contribution in [0.1, 0.15) is 22.3 Å². The lowest BCUT2D eigenvalue weighted by atomic mass is 10.1. The number of ether oxygens (including phenoxy) is 4. The van der Waals surface area contributed by atoms with E-state index in [1.807, 2.05) is 30.3 Å².